The minimum atomic E-state index is 1.24. The molecule has 16 aromatic carbocycles. The fraction of sp³-hybridized carbons (Fsp3) is 0.0400. The average molecular weight is 1280 g/mol. The molecule has 16 aromatic rings. The van der Waals surface area contributed by atoms with Gasteiger partial charge < -0.3 is 0 Å². The van der Waals surface area contributed by atoms with Crippen LogP contribution in [-0.4, -0.2) is 0 Å². The fourth-order valence-electron chi connectivity index (χ4n) is 12.7. The Labute approximate surface area is 592 Å². The second-order valence-corrected chi connectivity index (χ2v) is 25.6. The Balaban J connectivity index is 0.000000119. The van der Waals surface area contributed by atoms with Gasteiger partial charge in [-0.25, -0.2) is 0 Å². The van der Waals surface area contributed by atoms with Crippen molar-refractivity contribution in [3.63, 3.8) is 0 Å². The van der Waals surface area contributed by atoms with E-state index in [1.165, 1.54) is 156 Å². The van der Waals surface area contributed by atoms with E-state index < -0.39 is 0 Å². The third-order valence-corrected chi connectivity index (χ3v) is 18.1. The van der Waals surface area contributed by atoms with Crippen molar-refractivity contribution < 1.29 is 0 Å². The highest BCUT2D eigenvalue weighted by Crippen LogP contribution is 2.36. The molecule has 0 amide bonds. The molecule has 16 rings (SSSR count). The van der Waals surface area contributed by atoms with Crippen LogP contribution in [-0.2, 0) is 0 Å². The van der Waals surface area contributed by atoms with Gasteiger partial charge in [0.2, 0.25) is 0 Å². The van der Waals surface area contributed by atoms with Crippen LogP contribution in [0.1, 0.15) is 22.3 Å². The highest BCUT2D eigenvalue weighted by Gasteiger charge is 2.11. The van der Waals surface area contributed by atoms with Crippen LogP contribution in [0.25, 0.3) is 134 Å². The Morgan fingerprint density at radius 2 is 0.240 bits per heavy atom. The first kappa shape index (κ1) is 66.1. The number of hydrogen-bond acceptors (Lipinski definition) is 0. The Hall–Kier alpha value is -12.5. The van der Waals surface area contributed by atoms with Crippen LogP contribution in [0.5, 0.6) is 0 Å². The smallest absolute Gasteiger partial charge is 0.0172 e. The summed E-state index contributed by atoms with van der Waals surface area (Å²) in [5, 5.41) is 0. The highest BCUT2D eigenvalue weighted by atomic mass is 14.2. The van der Waals surface area contributed by atoms with Crippen LogP contribution < -0.4 is 0 Å². The first-order chi connectivity index (χ1) is 49.2. The summed E-state index contributed by atoms with van der Waals surface area (Å²) in [6, 6.07) is 147. The van der Waals surface area contributed by atoms with E-state index in [0.29, 0.717) is 0 Å². The molecule has 0 fully saturated rings. The Kier molecular flexibility index (Phi) is 21.5. The van der Waals surface area contributed by atoms with Crippen LogP contribution in [0.4, 0.5) is 0 Å². The molecular formula is C100H80. The van der Waals surface area contributed by atoms with Crippen molar-refractivity contribution in [1.82, 2.24) is 0 Å². The zero-order valence-electron chi connectivity index (χ0n) is 57.3. The number of aryl methyl sites for hydroxylation is 4. The molecule has 0 bridgehead atoms. The highest BCUT2D eigenvalue weighted by molar-refractivity contribution is 5.83. The third kappa shape index (κ3) is 17.4. The van der Waals surface area contributed by atoms with E-state index in [0.717, 1.165) is 0 Å². The minimum Gasteiger partial charge on any atom is -0.0622 e. The molecule has 0 radical (unpaired) electrons. The molecule has 0 heterocycles. The second-order valence-electron chi connectivity index (χ2n) is 25.6. The summed E-state index contributed by atoms with van der Waals surface area (Å²) in [6.07, 6.45) is 0. The maximum absolute atomic E-state index is 2.28. The maximum Gasteiger partial charge on any atom is -0.0172 e. The summed E-state index contributed by atoms with van der Waals surface area (Å²) in [5.41, 5.74) is 35.2. The monoisotopic (exact) mass is 1280 g/mol. The topological polar surface area (TPSA) is 0 Å². The van der Waals surface area contributed by atoms with Crippen LogP contribution >= 0.6 is 0 Å². The van der Waals surface area contributed by atoms with Gasteiger partial charge in [0, 0.05) is 0 Å². The van der Waals surface area contributed by atoms with Crippen LogP contribution in [0.15, 0.2) is 413 Å². The van der Waals surface area contributed by atoms with Gasteiger partial charge in [-0.05, 0) is 209 Å². The van der Waals surface area contributed by atoms with E-state index in [9.17, 15) is 0 Å². The van der Waals surface area contributed by atoms with Crippen molar-refractivity contribution >= 4 is 0 Å². The van der Waals surface area contributed by atoms with Crippen molar-refractivity contribution in [1.29, 1.82) is 0 Å². The van der Waals surface area contributed by atoms with Gasteiger partial charge in [0.25, 0.3) is 0 Å². The van der Waals surface area contributed by atoms with Crippen molar-refractivity contribution in [2.24, 2.45) is 0 Å². The molecule has 0 aliphatic carbocycles. The lowest BCUT2D eigenvalue weighted by Crippen LogP contribution is -1.86. The Bertz CT molecular complexity index is 5180. The van der Waals surface area contributed by atoms with Gasteiger partial charge >= 0.3 is 0 Å². The molecular weight excluding hydrogens is 1200 g/mol. The molecule has 0 atom stereocenters. The molecule has 100 heavy (non-hydrogen) atoms. The summed E-state index contributed by atoms with van der Waals surface area (Å²) in [6.45, 7) is 8.54. The van der Waals surface area contributed by atoms with Crippen molar-refractivity contribution in [3.05, 3.63) is 435 Å². The average Bonchev–Trinajstić information content (AvgIpc) is 0.823. The lowest BCUT2D eigenvalue weighted by molar-refractivity contribution is 1.46. The van der Waals surface area contributed by atoms with E-state index in [4.69, 9.17) is 0 Å². The normalized spacial score (nSPS) is 10.6. The van der Waals surface area contributed by atoms with E-state index in [2.05, 4.69) is 440 Å². The van der Waals surface area contributed by atoms with Crippen molar-refractivity contribution in [3.8, 4) is 134 Å². The third-order valence-electron chi connectivity index (χ3n) is 18.1. The molecule has 480 valence electrons. The number of rotatable bonds is 12. The molecule has 0 heteroatoms. The molecule has 0 nitrogen and oxygen atoms in total. The van der Waals surface area contributed by atoms with Crippen LogP contribution in [0.2, 0.25) is 0 Å². The SMILES string of the molecule is Cc1cc(-c2ccccc2)cc(-c2cccc(-c3ccccc3)c2)c1.Cc1ccc(-c2cc(-c3ccccc3)cc(-c3ccccc3)c2)cc1.Cc1ccc(-c2cccc(-c3ccc(-c4ccccc4)cc3)c2)cc1.Cc1cccc(-c2cccc(-c3ccc(-c4ccccc4)cc3)c2)c1. The van der Waals surface area contributed by atoms with Crippen molar-refractivity contribution in [2.45, 2.75) is 27.7 Å². The first-order valence-corrected chi connectivity index (χ1v) is 34.5. The fourth-order valence-corrected chi connectivity index (χ4v) is 12.7. The molecule has 0 spiro atoms. The predicted molar refractivity (Wildman–Crippen MR) is 430 cm³/mol. The quantitative estimate of drug-likeness (QED) is 0.114. The summed E-state index contributed by atoms with van der Waals surface area (Å²) in [5.74, 6) is 0. The molecule has 0 saturated carbocycles. The van der Waals surface area contributed by atoms with Gasteiger partial charge in [0.1, 0.15) is 0 Å². The van der Waals surface area contributed by atoms with E-state index >= 15 is 0 Å². The lowest BCUT2D eigenvalue weighted by atomic mass is 9.93. The first-order valence-electron chi connectivity index (χ1n) is 34.5. The van der Waals surface area contributed by atoms with Gasteiger partial charge in [0.15, 0.2) is 0 Å². The molecule has 0 saturated heterocycles. The van der Waals surface area contributed by atoms with Crippen LogP contribution in [0.3, 0.4) is 0 Å². The van der Waals surface area contributed by atoms with Gasteiger partial charge in [-0.15, -0.1) is 0 Å². The molecule has 0 unspecified atom stereocenters. The summed E-state index contributed by atoms with van der Waals surface area (Å²) < 4.78 is 0. The standard InChI is InChI=1S/4C25H20/c1-19-15-24(21-11-6-3-7-12-21)18-25(16-19)23-14-8-13-22(17-23)20-9-4-2-5-10-20;1-19-12-14-22(15-13-19)25-17-23(20-8-4-2-5-9-20)16-24(18-25)21-10-6-3-7-11-21;1-19-7-5-10-23(17-19)25-12-6-11-24(18-25)22-15-13-21(14-16-22)20-8-3-2-4-9-20;1-19-10-12-22(13-11-19)24-8-5-9-25(18-24)23-16-14-21(15-17-23)20-6-3-2-4-7-20/h4*2-18H,1H3. The van der Waals surface area contributed by atoms with Gasteiger partial charge in [-0.1, -0.05) is 387 Å². The lowest BCUT2D eigenvalue weighted by Gasteiger charge is -2.11. The summed E-state index contributed by atoms with van der Waals surface area (Å²) in [7, 11) is 0. The van der Waals surface area contributed by atoms with E-state index in [1.54, 1.807) is 0 Å². The minimum absolute atomic E-state index is 1.24. The number of hydrogen-bond donors (Lipinski definition) is 0. The summed E-state index contributed by atoms with van der Waals surface area (Å²) in [4.78, 5) is 0. The largest absolute Gasteiger partial charge is 0.0622 e. The maximum atomic E-state index is 2.28. The molecule has 0 aromatic heterocycles. The zero-order valence-corrected chi connectivity index (χ0v) is 57.3. The Morgan fingerprint density at radius 1 is 0.0900 bits per heavy atom. The predicted octanol–water partition coefficient (Wildman–Crippen LogP) is 28.0. The van der Waals surface area contributed by atoms with Crippen molar-refractivity contribution in [2.75, 3.05) is 0 Å². The van der Waals surface area contributed by atoms with Gasteiger partial charge in [-0.2, -0.15) is 0 Å². The molecule has 0 aliphatic heterocycles. The zero-order chi connectivity index (χ0) is 68.2. The Morgan fingerprint density at radius 3 is 0.530 bits per heavy atom. The van der Waals surface area contributed by atoms with Gasteiger partial charge in [-0.3, -0.25) is 0 Å². The molecule has 0 aliphatic rings. The summed E-state index contributed by atoms with van der Waals surface area (Å²) >= 11 is 0. The van der Waals surface area contributed by atoms with Crippen LogP contribution in [0, 0.1) is 27.7 Å². The molecule has 0 N–H and O–H groups in total. The van der Waals surface area contributed by atoms with E-state index in [1.807, 2.05) is 0 Å². The second kappa shape index (κ2) is 32.5. The number of benzene rings is 16. The van der Waals surface area contributed by atoms with Gasteiger partial charge in [0.05, 0.1) is 0 Å². The van der Waals surface area contributed by atoms with E-state index in [-0.39, 0.29) is 0 Å².